The summed E-state index contributed by atoms with van der Waals surface area (Å²) in [7, 11) is 0. The van der Waals surface area contributed by atoms with E-state index in [2.05, 4.69) is 21.0 Å². The fourth-order valence-electron chi connectivity index (χ4n) is 2.75. The molecule has 30 heavy (non-hydrogen) atoms. The molecule has 1 aromatic heterocycles. The Hall–Kier alpha value is -4.39. The van der Waals surface area contributed by atoms with Crippen LogP contribution in [0.5, 0.6) is 11.5 Å². The van der Waals surface area contributed by atoms with Gasteiger partial charge in [-0.15, -0.1) is 0 Å². The molecule has 0 saturated heterocycles. The summed E-state index contributed by atoms with van der Waals surface area (Å²) in [6.45, 7) is 0. The molecule has 2 amide bonds. The lowest BCUT2D eigenvalue weighted by atomic mass is 10.1. The van der Waals surface area contributed by atoms with Gasteiger partial charge in [0, 0.05) is 11.1 Å². The summed E-state index contributed by atoms with van der Waals surface area (Å²) in [5, 5.41) is 6.79. The molecule has 7 heteroatoms. The van der Waals surface area contributed by atoms with Crippen molar-refractivity contribution < 1.29 is 14.3 Å². The van der Waals surface area contributed by atoms with Crippen LogP contribution in [0.4, 0.5) is 0 Å². The molecule has 4 aromatic rings. The molecule has 0 atom stereocenters. The van der Waals surface area contributed by atoms with E-state index in [1.54, 1.807) is 30.3 Å². The van der Waals surface area contributed by atoms with Gasteiger partial charge in [-0.1, -0.05) is 48.5 Å². The third-order valence-corrected chi connectivity index (χ3v) is 4.28. The minimum absolute atomic E-state index is 0.237. The maximum atomic E-state index is 12.3. The van der Waals surface area contributed by atoms with E-state index >= 15 is 0 Å². The first-order valence-corrected chi connectivity index (χ1v) is 9.23. The van der Waals surface area contributed by atoms with Crippen LogP contribution >= 0.6 is 0 Å². The molecule has 0 bridgehead atoms. The molecule has 0 fully saturated rings. The minimum atomic E-state index is -0.498. The summed E-state index contributed by atoms with van der Waals surface area (Å²) < 4.78 is 5.70. The topological polar surface area (TPSA) is 96.1 Å². The zero-order chi connectivity index (χ0) is 20.8. The zero-order valence-electron chi connectivity index (χ0n) is 15.8. The number of carbonyl (C=O) groups excluding carboxylic acids is 2. The minimum Gasteiger partial charge on any atom is -0.457 e. The molecule has 4 rings (SSSR count). The highest BCUT2D eigenvalue weighted by Gasteiger charge is 2.13. The van der Waals surface area contributed by atoms with E-state index in [0.717, 1.165) is 5.56 Å². The average Bonchev–Trinajstić information content (AvgIpc) is 3.30. The predicted molar refractivity (Wildman–Crippen MR) is 112 cm³/mol. The first-order chi connectivity index (χ1) is 14.7. The van der Waals surface area contributed by atoms with Crippen molar-refractivity contribution in [3.63, 3.8) is 0 Å². The quantitative estimate of drug-likeness (QED) is 0.444. The van der Waals surface area contributed by atoms with E-state index in [9.17, 15) is 9.59 Å². The van der Waals surface area contributed by atoms with Crippen LogP contribution in [0, 0.1) is 0 Å². The number of aromatic amines is 1. The Balaban J connectivity index is 1.33. The maximum Gasteiger partial charge on any atom is 0.287 e. The summed E-state index contributed by atoms with van der Waals surface area (Å²) in [4.78, 5) is 24.5. The van der Waals surface area contributed by atoms with E-state index in [1.807, 2.05) is 60.7 Å². The second kappa shape index (κ2) is 8.74. The number of nitrogens with one attached hydrogen (secondary N) is 3. The first-order valence-electron chi connectivity index (χ1n) is 9.23. The second-order valence-corrected chi connectivity index (χ2v) is 6.38. The Kier molecular flexibility index (Phi) is 5.52. The number of hydrogen-bond donors (Lipinski definition) is 3. The summed E-state index contributed by atoms with van der Waals surface area (Å²) >= 11 is 0. The van der Waals surface area contributed by atoms with Gasteiger partial charge < -0.3 is 4.74 Å². The van der Waals surface area contributed by atoms with Gasteiger partial charge in [0.15, 0.2) is 0 Å². The summed E-state index contributed by atoms with van der Waals surface area (Å²) in [6, 6.07) is 27.0. The van der Waals surface area contributed by atoms with Crippen LogP contribution in [0.2, 0.25) is 0 Å². The summed E-state index contributed by atoms with van der Waals surface area (Å²) in [5.41, 5.74) is 6.90. The number of amides is 2. The summed E-state index contributed by atoms with van der Waals surface area (Å²) in [6.07, 6.45) is 0. The number of aromatic nitrogens is 2. The average molecular weight is 398 g/mol. The largest absolute Gasteiger partial charge is 0.457 e. The van der Waals surface area contributed by atoms with Crippen molar-refractivity contribution in [2.24, 2.45) is 0 Å². The third kappa shape index (κ3) is 4.53. The van der Waals surface area contributed by atoms with Crippen LogP contribution in [0.15, 0.2) is 91.0 Å². The van der Waals surface area contributed by atoms with Crippen LogP contribution in [0.1, 0.15) is 20.8 Å². The van der Waals surface area contributed by atoms with Gasteiger partial charge in [0.05, 0.1) is 5.69 Å². The van der Waals surface area contributed by atoms with Crippen LogP contribution < -0.4 is 15.6 Å². The number of carbonyl (C=O) groups is 2. The van der Waals surface area contributed by atoms with Gasteiger partial charge in [-0.3, -0.25) is 25.5 Å². The van der Waals surface area contributed by atoms with Gasteiger partial charge in [0.1, 0.15) is 17.2 Å². The highest BCUT2D eigenvalue weighted by atomic mass is 16.5. The number of H-pyrrole nitrogens is 1. The molecule has 3 N–H and O–H groups in total. The summed E-state index contributed by atoms with van der Waals surface area (Å²) in [5.74, 6) is 0.364. The molecule has 0 saturated carbocycles. The Morgan fingerprint density at radius 2 is 1.33 bits per heavy atom. The fourth-order valence-corrected chi connectivity index (χ4v) is 2.75. The van der Waals surface area contributed by atoms with Crippen LogP contribution in [0.3, 0.4) is 0 Å². The lowest BCUT2D eigenvalue weighted by Gasteiger charge is -2.08. The number of rotatable bonds is 5. The number of nitrogens with zero attached hydrogens (tertiary/aromatic N) is 1. The molecule has 0 radical (unpaired) electrons. The number of hydrogen-bond acceptors (Lipinski definition) is 4. The third-order valence-electron chi connectivity index (χ3n) is 4.28. The normalized spacial score (nSPS) is 10.3. The van der Waals surface area contributed by atoms with Crippen LogP contribution in [-0.2, 0) is 0 Å². The Bertz CT molecular complexity index is 1140. The molecule has 7 nitrogen and oxygen atoms in total. The molecule has 0 aliphatic heterocycles. The van der Waals surface area contributed by atoms with E-state index in [0.29, 0.717) is 22.8 Å². The smallest absolute Gasteiger partial charge is 0.287 e. The fraction of sp³-hybridized carbons (Fsp3) is 0. The van der Waals surface area contributed by atoms with Crippen molar-refractivity contribution >= 4 is 11.8 Å². The van der Waals surface area contributed by atoms with E-state index in [1.165, 1.54) is 0 Å². The van der Waals surface area contributed by atoms with Crippen molar-refractivity contribution in [2.75, 3.05) is 0 Å². The maximum absolute atomic E-state index is 12.3. The number of ether oxygens (including phenoxy) is 1. The van der Waals surface area contributed by atoms with Crippen molar-refractivity contribution in [1.82, 2.24) is 21.0 Å². The molecule has 148 valence electrons. The van der Waals surface area contributed by atoms with Gasteiger partial charge >= 0.3 is 0 Å². The monoisotopic (exact) mass is 398 g/mol. The van der Waals surface area contributed by atoms with E-state index in [4.69, 9.17) is 4.74 Å². The molecule has 0 aliphatic carbocycles. The Morgan fingerprint density at radius 1 is 0.733 bits per heavy atom. The highest BCUT2D eigenvalue weighted by Crippen LogP contribution is 2.21. The molecule has 0 unspecified atom stereocenters. The second-order valence-electron chi connectivity index (χ2n) is 6.38. The predicted octanol–water partition coefficient (Wildman–Crippen LogP) is 3.94. The number of benzene rings is 3. The van der Waals surface area contributed by atoms with Gasteiger partial charge in [-0.2, -0.15) is 5.10 Å². The highest BCUT2D eigenvalue weighted by molar-refractivity contribution is 5.98. The van der Waals surface area contributed by atoms with Crippen molar-refractivity contribution in [3.05, 3.63) is 102 Å². The molecule has 0 aliphatic rings. The van der Waals surface area contributed by atoms with Crippen LogP contribution in [-0.4, -0.2) is 22.0 Å². The molecular formula is C23H18N4O3. The lowest BCUT2D eigenvalue weighted by Crippen LogP contribution is -2.41. The molecule has 0 spiro atoms. The van der Waals surface area contributed by atoms with Crippen molar-refractivity contribution in [3.8, 4) is 22.8 Å². The van der Waals surface area contributed by atoms with Gasteiger partial charge in [0.2, 0.25) is 0 Å². The van der Waals surface area contributed by atoms with Crippen LogP contribution in [0.25, 0.3) is 11.3 Å². The van der Waals surface area contributed by atoms with Crippen molar-refractivity contribution in [1.29, 1.82) is 0 Å². The SMILES string of the molecule is O=C(NNC(=O)c1cc(-c2ccccc2)n[nH]1)c1ccc(Oc2ccccc2)cc1. The number of hydrazine groups is 1. The van der Waals surface area contributed by atoms with Gasteiger partial charge in [0.25, 0.3) is 11.8 Å². The van der Waals surface area contributed by atoms with E-state index in [-0.39, 0.29) is 5.69 Å². The lowest BCUT2D eigenvalue weighted by molar-refractivity contribution is 0.0844. The Labute approximate surface area is 172 Å². The zero-order valence-corrected chi connectivity index (χ0v) is 15.8. The molecule has 3 aromatic carbocycles. The van der Waals surface area contributed by atoms with Gasteiger partial charge in [-0.05, 0) is 42.5 Å². The van der Waals surface area contributed by atoms with Crippen molar-refractivity contribution in [2.45, 2.75) is 0 Å². The molecule has 1 heterocycles. The Morgan fingerprint density at radius 3 is 2.03 bits per heavy atom. The molecular weight excluding hydrogens is 380 g/mol. The van der Waals surface area contributed by atoms with Gasteiger partial charge in [-0.25, -0.2) is 0 Å². The van der Waals surface area contributed by atoms with E-state index < -0.39 is 11.8 Å². The standard InChI is InChI=1S/C23H18N4O3/c28-22(17-11-13-19(14-12-17)30-18-9-5-2-6-10-18)26-27-23(29)21-15-20(24-25-21)16-7-3-1-4-8-16/h1-15H,(H,24,25)(H,26,28)(H,27,29). The first kappa shape index (κ1) is 18.9. The number of para-hydroxylation sites is 1.